The van der Waals surface area contributed by atoms with Crippen LogP contribution in [0.2, 0.25) is 0 Å². The van der Waals surface area contributed by atoms with Gasteiger partial charge in [-0.05, 0) is 6.42 Å². The zero-order chi connectivity index (χ0) is 19.3. The van der Waals surface area contributed by atoms with Crippen molar-refractivity contribution in [1.29, 1.82) is 0 Å². The normalized spacial score (nSPS) is 10.4. The summed E-state index contributed by atoms with van der Waals surface area (Å²) in [5, 5.41) is 8.47. The molecule has 0 unspecified atom stereocenters. The van der Waals surface area contributed by atoms with E-state index in [0.717, 1.165) is 12.8 Å². The van der Waals surface area contributed by atoms with E-state index in [0.29, 0.717) is 6.61 Å². The van der Waals surface area contributed by atoms with Crippen LogP contribution in [-0.4, -0.2) is 61.4 Å². The average molecular weight is 413 g/mol. The summed E-state index contributed by atoms with van der Waals surface area (Å²) in [6.45, 7) is 2.70. The number of rotatable bonds is 20. The van der Waals surface area contributed by atoms with E-state index in [9.17, 15) is 9.59 Å². The third kappa shape index (κ3) is 26.2. The Morgan fingerprint density at radius 1 is 0.630 bits per heavy atom. The summed E-state index contributed by atoms with van der Waals surface area (Å²) in [6.07, 6.45) is 21.0. The molecule has 0 aromatic heterocycles. The quantitative estimate of drug-likeness (QED) is 0.157. The Labute approximate surface area is 197 Å². The van der Waals surface area contributed by atoms with Gasteiger partial charge in [0.25, 0.3) is 0 Å². The molecule has 0 aromatic carbocycles. The van der Waals surface area contributed by atoms with Gasteiger partial charge >= 0.3 is 49.7 Å². The van der Waals surface area contributed by atoms with Crippen LogP contribution in [0.15, 0.2) is 0 Å². The number of aliphatic carboxylic acids is 1. The van der Waals surface area contributed by atoms with Crippen molar-refractivity contribution < 1.29 is 19.4 Å². The molecule has 4 nitrogen and oxygen atoms in total. The van der Waals surface area contributed by atoms with Gasteiger partial charge in [-0.3, -0.25) is 9.59 Å². The summed E-state index contributed by atoms with van der Waals surface area (Å²) in [5.74, 6) is -1.35. The van der Waals surface area contributed by atoms with Crippen LogP contribution in [0.4, 0.5) is 0 Å². The third-order valence-electron chi connectivity index (χ3n) is 4.80. The molecule has 0 rings (SSSR count). The van der Waals surface area contributed by atoms with E-state index in [2.05, 4.69) is 6.92 Å². The van der Waals surface area contributed by atoms with Crippen LogP contribution in [0.25, 0.3) is 0 Å². The molecule has 0 saturated heterocycles. The van der Waals surface area contributed by atoms with Crippen molar-refractivity contribution in [2.24, 2.45) is 0 Å². The Morgan fingerprint density at radius 2 is 1.00 bits per heavy atom. The Balaban J connectivity index is 0. The van der Waals surface area contributed by atoms with Crippen molar-refractivity contribution in [3.8, 4) is 0 Å². The first-order valence-corrected chi connectivity index (χ1v) is 11.0. The maximum absolute atomic E-state index is 11.2. The van der Waals surface area contributed by atoms with E-state index in [1.807, 2.05) is 0 Å². The minimum atomic E-state index is -0.954. The topological polar surface area (TPSA) is 63.6 Å². The summed E-state index contributed by atoms with van der Waals surface area (Å²) in [7, 11) is 0. The molecule has 0 saturated carbocycles. The number of esters is 1. The number of carboxylic acids is 1. The summed E-state index contributed by atoms with van der Waals surface area (Å²) >= 11 is 0. The zero-order valence-electron chi connectivity index (χ0n) is 17.1. The third-order valence-corrected chi connectivity index (χ3v) is 4.80. The second-order valence-corrected chi connectivity index (χ2v) is 7.42. The molecule has 0 aliphatic carbocycles. The molecule has 0 radical (unpaired) electrons. The molecule has 0 spiro atoms. The summed E-state index contributed by atoms with van der Waals surface area (Å²) in [5.41, 5.74) is 0. The molecule has 5 heteroatoms. The standard InChI is InChI=1S/C22H42O4.Ca.2H/c1-2-3-4-5-6-7-8-9-10-11-12-13-14-15-16-17-20-26-22(25)19-18-21(23)24;;;/h2-20H2,1H3,(H,23,24);;;. The van der Waals surface area contributed by atoms with Gasteiger partial charge in [-0.2, -0.15) is 0 Å². The van der Waals surface area contributed by atoms with Gasteiger partial charge < -0.3 is 9.84 Å². The Morgan fingerprint density at radius 3 is 1.37 bits per heavy atom. The summed E-state index contributed by atoms with van der Waals surface area (Å²) in [6, 6.07) is 0. The van der Waals surface area contributed by atoms with Crippen LogP contribution in [0, 0.1) is 0 Å². The van der Waals surface area contributed by atoms with Crippen LogP contribution in [0.5, 0.6) is 0 Å². The number of carbonyl (C=O) groups excluding carboxylic acids is 1. The second kappa shape index (κ2) is 24.2. The monoisotopic (exact) mass is 412 g/mol. The molecular formula is C22H44CaO4. The molecule has 0 aliphatic heterocycles. The first kappa shape index (κ1) is 29.4. The molecule has 0 heterocycles. The first-order chi connectivity index (χ1) is 12.7. The van der Waals surface area contributed by atoms with Crippen LogP contribution in [-0.2, 0) is 14.3 Å². The van der Waals surface area contributed by atoms with Crippen LogP contribution >= 0.6 is 0 Å². The predicted molar refractivity (Wildman–Crippen MR) is 116 cm³/mol. The van der Waals surface area contributed by atoms with E-state index >= 15 is 0 Å². The van der Waals surface area contributed by atoms with Gasteiger partial charge in [0.1, 0.15) is 0 Å². The Kier molecular flexibility index (Phi) is 26.4. The fraction of sp³-hybridized carbons (Fsp3) is 0.909. The molecule has 0 aromatic rings. The van der Waals surface area contributed by atoms with Crippen LogP contribution in [0.1, 0.15) is 122 Å². The van der Waals surface area contributed by atoms with E-state index < -0.39 is 11.9 Å². The van der Waals surface area contributed by atoms with E-state index in [4.69, 9.17) is 9.84 Å². The van der Waals surface area contributed by atoms with Gasteiger partial charge in [0.05, 0.1) is 19.4 Å². The second-order valence-electron chi connectivity index (χ2n) is 7.42. The molecular weight excluding hydrogens is 368 g/mol. The Hall–Kier alpha value is 0.200. The van der Waals surface area contributed by atoms with Crippen molar-refractivity contribution in [1.82, 2.24) is 0 Å². The fourth-order valence-electron chi connectivity index (χ4n) is 3.12. The van der Waals surface area contributed by atoms with Gasteiger partial charge in [0.2, 0.25) is 0 Å². The number of hydrogen-bond donors (Lipinski definition) is 1. The van der Waals surface area contributed by atoms with Crippen molar-refractivity contribution >= 4 is 49.7 Å². The fourth-order valence-corrected chi connectivity index (χ4v) is 3.12. The van der Waals surface area contributed by atoms with Crippen LogP contribution in [0.3, 0.4) is 0 Å². The SMILES string of the molecule is CCCCCCCCCCCCCCCCCCOC(=O)CCC(=O)O.[CaH2]. The van der Waals surface area contributed by atoms with E-state index in [1.165, 1.54) is 89.9 Å². The van der Waals surface area contributed by atoms with Gasteiger partial charge in [-0.15, -0.1) is 0 Å². The van der Waals surface area contributed by atoms with Gasteiger partial charge in [0, 0.05) is 0 Å². The minimum absolute atomic E-state index is 0. The maximum atomic E-state index is 11.2. The number of carboxylic acid groups (broad SMARTS) is 1. The number of ether oxygens (including phenoxy) is 1. The molecule has 27 heavy (non-hydrogen) atoms. The van der Waals surface area contributed by atoms with Crippen molar-refractivity contribution in [2.75, 3.05) is 6.61 Å². The summed E-state index contributed by atoms with van der Waals surface area (Å²) in [4.78, 5) is 21.6. The zero-order valence-corrected chi connectivity index (χ0v) is 17.1. The van der Waals surface area contributed by atoms with Crippen molar-refractivity contribution in [3.63, 3.8) is 0 Å². The molecule has 0 aliphatic rings. The molecule has 1 N–H and O–H groups in total. The average Bonchev–Trinajstić information content (AvgIpc) is 2.62. The molecule has 158 valence electrons. The number of carbonyl (C=O) groups is 2. The van der Waals surface area contributed by atoms with Gasteiger partial charge in [-0.25, -0.2) is 0 Å². The summed E-state index contributed by atoms with van der Waals surface area (Å²) < 4.78 is 5.01. The molecule has 0 amide bonds. The van der Waals surface area contributed by atoms with Gasteiger partial charge in [-0.1, -0.05) is 103 Å². The number of unbranched alkanes of at least 4 members (excludes halogenated alkanes) is 15. The van der Waals surface area contributed by atoms with Crippen molar-refractivity contribution in [3.05, 3.63) is 0 Å². The molecule has 0 fully saturated rings. The van der Waals surface area contributed by atoms with E-state index in [-0.39, 0.29) is 50.6 Å². The van der Waals surface area contributed by atoms with Gasteiger partial charge in [0.15, 0.2) is 0 Å². The van der Waals surface area contributed by atoms with Crippen LogP contribution < -0.4 is 0 Å². The molecule has 0 bridgehead atoms. The number of hydrogen-bond acceptors (Lipinski definition) is 3. The first-order valence-electron chi connectivity index (χ1n) is 11.0. The van der Waals surface area contributed by atoms with Crippen molar-refractivity contribution in [2.45, 2.75) is 122 Å². The Bertz CT molecular complexity index is 334. The molecule has 0 atom stereocenters. The predicted octanol–water partition coefficient (Wildman–Crippen LogP) is 5.74. The van der Waals surface area contributed by atoms with E-state index in [1.54, 1.807) is 0 Å².